The molecule has 6 nitrogen and oxygen atoms in total. The standard InChI is InChI=1S/C24H26FN3O3/c1-3-31-22-7-5-4-6-20(22)23(29)27-12-10-17(11-13-27)15-28-16(2)26-21-14-18(25)8-9-19(21)24(28)30/h4-9,14,17H,3,10-13,15H2,1-2H3. The number of hydrogen-bond donors (Lipinski definition) is 0. The predicted octanol–water partition coefficient (Wildman–Crippen LogP) is 3.80. The minimum atomic E-state index is -0.403. The van der Waals surface area contributed by atoms with Crippen LogP contribution in [0.5, 0.6) is 5.75 Å². The van der Waals surface area contributed by atoms with Crippen LogP contribution in [-0.2, 0) is 6.54 Å². The van der Waals surface area contributed by atoms with Crippen molar-refractivity contribution in [2.45, 2.75) is 33.2 Å². The first kappa shape index (κ1) is 21.0. The van der Waals surface area contributed by atoms with E-state index in [2.05, 4.69) is 4.98 Å². The van der Waals surface area contributed by atoms with Gasteiger partial charge in [-0.25, -0.2) is 9.37 Å². The van der Waals surface area contributed by atoms with Crippen molar-refractivity contribution >= 4 is 16.8 Å². The zero-order valence-corrected chi connectivity index (χ0v) is 17.8. The summed E-state index contributed by atoms with van der Waals surface area (Å²) in [6, 6.07) is 11.4. The fraction of sp³-hybridized carbons (Fsp3) is 0.375. The number of halogens is 1. The molecule has 31 heavy (non-hydrogen) atoms. The molecule has 1 aliphatic rings. The molecule has 0 radical (unpaired) electrons. The quantitative estimate of drug-likeness (QED) is 0.626. The molecule has 1 amide bonds. The van der Waals surface area contributed by atoms with E-state index in [1.807, 2.05) is 30.0 Å². The second-order valence-corrected chi connectivity index (χ2v) is 7.90. The lowest BCUT2D eigenvalue weighted by molar-refractivity contribution is 0.0678. The molecule has 2 aromatic carbocycles. The molecule has 4 rings (SSSR count). The van der Waals surface area contributed by atoms with Gasteiger partial charge >= 0.3 is 0 Å². The Labute approximate surface area is 180 Å². The Morgan fingerprint density at radius 3 is 2.68 bits per heavy atom. The Kier molecular flexibility index (Phi) is 6.02. The number of hydrogen-bond acceptors (Lipinski definition) is 4. The van der Waals surface area contributed by atoms with Crippen LogP contribution < -0.4 is 10.3 Å². The largest absolute Gasteiger partial charge is 0.493 e. The van der Waals surface area contributed by atoms with Crippen LogP contribution in [0, 0.1) is 18.7 Å². The van der Waals surface area contributed by atoms with Crippen LogP contribution in [0.2, 0.25) is 0 Å². The van der Waals surface area contributed by atoms with Gasteiger partial charge in [0.15, 0.2) is 0 Å². The molecule has 1 fully saturated rings. The van der Waals surface area contributed by atoms with E-state index in [9.17, 15) is 14.0 Å². The molecule has 1 aliphatic heterocycles. The van der Waals surface area contributed by atoms with E-state index in [1.165, 1.54) is 18.2 Å². The number of nitrogens with zero attached hydrogens (tertiary/aromatic N) is 3. The van der Waals surface area contributed by atoms with Gasteiger partial charge in [0.05, 0.1) is 23.1 Å². The number of fused-ring (bicyclic) bond motifs is 1. The Morgan fingerprint density at radius 1 is 1.19 bits per heavy atom. The summed E-state index contributed by atoms with van der Waals surface area (Å²) in [5.74, 6) is 1.03. The molecular weight excluding hydrogens is 397 g/mol. The third-order valence-electron chi connectivity index (χ3n) is 5.87. The molecule has 0 N–H and O–H groups in total. The number of carbonyl (C=O) groups is 1. The average molecular weight is 423 g/mol. The van der Waals surface area contributed by atoms with Crippen molar-refractivity contribution in [2.75, 3.05) is 19.7 Å². The monoisotopic (exact) mass is 423 g/mol. The highest BCUT2D eigenvalue weighted by atomic mass is 19.1. The highest BCUT2D eigenvalue weighted by Gasteiger charge is 2.26. The SMILES string of the molecule is CCOc1ccccc1C(=O)N1CCC(Cn2c(C)nc3cc(F)ccc3c2=O)CC1. The first-order valence-electron chi connectivity index (χ1n) is 10.7. The number of likely N-dealkylation sites (tertiary alicyclic amines) is 1. The van der Waals surface area contributed by atoms with Crippen LogP contribution in [0.1, 0.15) is 35.9 Å². The first-order chi connectivity index (χ1) is 15.0. The van der Waals surface area contributed by atoms with E-state index in [0.29, 0.717) is 54.3 Å². The number of aromatic nitrogens is 2. The molecule has 0 saturated carbocycles. The summed E-state index contributed by atoms with van der Waals surface area (Å²) in [7, 11) is 0. The highest BCUT2D eigenvalue weighted by molar-refractivity contribution is 5.97. The van der Waals surface area contributed by atoms with Gasteiger partial charge < -0.3 is 9.64 Å². The molecular formula is C24H26FN3O3. The molecule has 0 bridgehead atoms. The number of rotatable bonds is 5. The first-order valence-corrected chi connectivity index (χ1v) is 10.7. The van der Waals surface area contributed by atoms with Gasteiger partial charge in [0.2, 0.25) is 0 Å². The molecule has 0 aliphatic carbocycles. The van der Waals surface area contributed by atoms with Crippen molar-refractivity contribution in [3.05, 3.63) is 70.0 Å². The molecule has 1 aromatic heterocycles. The van der Waals surface area contributed by atoms with E-state index in [-0.39, 0.29) is 17.4 Å². The number of ether oxygens (including phenoxy) is 1. The topological polar surface area (TPSA) is 64.4 Å². The van der Waals surface area contributed by atoms with Crippen LogP contribution in [0.4, 0.5) is 4.39 Å². The fourth-order valence-corrected chi connectivity index (χ4v) is 4.19. The summed E-state index contributed by atoms with van der Waals surface area (Å²) < 4.78 is 20.8. The lowest BCUT2D eigenvalue weighted by Crippen LogP contribution is -2.40. The summed E-state index contributed by atoms with van der Waals surface area (Å²) in [5, 5.41) is 0.423. The number of aryl methyl sites for hydroxylation is 1. The average Bonchev–Trinajstić information content (AvgIpc) is 2.77. The second-order valence-electron chi connectivity index (χ2n) is 7.90. The third-order valence-corrected chi connectivity index (χ3v) is 5.87. The van der Waals surface area contributed by atoms with Gasteiger partial charge in [-0.3, -0.25) is 14.2 Å². The van der Waals surface area contributed by atoms with Gasteiger partial charge in [0.25, 0.3) is 11.5 Å². The van der Waals surface area contributed by atoms with Crippen molar-refractivity contribution in [1.29, 1.82) is 0 Å². The van der Waals surface area contributed by atoms with Crippen molar-refractivity contribution in [1.82, 2.24) is 14.5 Å². The molecule has 162 valence electrons. The smallest absolute Gasteiger partial charge is 0.261 e. The lowest BCUT2D eigenvalue weighted by atomic mass is 9.96. The number of carbonyl (C=O) groups excluding carboxylic acids is 1. The van der Waals surface area contributed by atoms with E-state index in [0.717, 1.165) is 12.8 Å². The maximum atomic E-state index is 13.5. The van der Waals surface area contributed by atoms with Crippen LogP contribution in [0.15, 0.2) is 47.3 Å². The van der Waals surface area contributed by atoms with Crippen molar-refractivity contribution in [3.63, 3.8) is 0 Å². The zero-order valence-electron chi connectivity index (χ0n) is 17.8. The van der Waals surface area contributed by atoms with E-state index < -0.39 is 5.82 Å². The van der Waals surface area contributed by atoms with Crippen LogP contribution >= 0.6 is 0 Å². The van der Waals surface area contributed by atoms with Crippen LogP contribution in [0.25, 0.3) is 10.9 Å². The maximum Gasteiger partial charge on any atom is 0.261 e. The van der Waals surface area contributed by atoms with Gasteiger partial charge in [-0.15, -0.1) is 0 Å². The van der Waals surface area contributed by atoms with Crippen LogP contribution in [-0.4, -0.2) is 40.1 Å². The molecule has 0 spiro atoms. The lowest BCUT2D eigenvalue weighted by Gasteiger charge is -2.32. The fourth-order valence-electron chi connectivity index (χ4n) is 4.19. The van der Waals surface area contributed by atoms with Crippen molar-refractivity contribution in [2.24, 2.45) is 5.92 Å². The Bertz CT molecular complexity index is 1170. The molecule has 7 heteroatoms. The summed E-state index contributed by atoms with van der Waals surface area (Å²) >= 11 is 0. The zero-order chi connectivity index (χ0) is 22.0. The van der Waals surface area contributed by atoms with Gasteiger partial charge in [-0.2, -0.15) is 0 Å². The molecule has 2 heterocycles. The van der Waals surface area contributed by atoms with E-state index in [4.69, 9.17) is 4.74 Å². The van der Waals surface area contributed by atoms with Crippen molar-refractivity contribution in [3.8, 4) is 5.75 Å². The Balaban J connectivity index is 1.46. The Morgan fingerprint density at radius 2 is 1.94 bits per heavy atom. The number of amides is 1. The van der Waals surface area contributed by atoms with E-state index in [1.54, 1.807) is 17.6 Å². The third kappa shape index (κ3) is 4.31. The molecule has 0 atom stereocenters. The Hall–Kier alpha value is -3.22. The minimum absolute atomic E-state index is 0.0229. The summed E-state index contributed by atoms with van der Waals surface area (Å²) in [4.78, 5) is 32.2. The number of piperidine rings is 1. The molecule has 1 saturated heterocycles. The number of benzene rings is 2. The molecule has 3 aromatic rings. The summed E-state index contributed by atoms with van der Waals surface area (Å²) in [6.45, 7) is 5.98. The summed E-state index contributed by atoms with van der Waals surface area (Å²) in [6.07, 6.45) is 1.60. The predicted molar refractivity (Wildman–Crippen MR) is 117 cm³/mol. The maximum absolute atomic E-state index is 13.5. The van der Waals surface area contributed by atoms with Crippen molar-refractivity contribution < 1.29 is 13.9 Å². The van der Waals surface area contributed by atoms with Crippen LogP contribution in [0.3, 0.4) is 0 Å². The molecule has 0 unspecified atom stereocenters. The van der Waals surface area contributed by atoms with Gasteiger partial charge in [-0.05, 0) is 56.9 Å². The van der Waals surface area contributed by atoms with Gasteiger partial charge in [0, 0.05) is 25.7 Å². The summed E-state index contributed by atoms with van der Waals surface area (Å²) in [5.41, 5.74) is 0.819. The van der Waals surface area contributed by atoms with Gasteiger partial charge in [0.1, 0.15) is 17.4 Å². The number of para-hydroxylation sites is 1. The second kappa shape index (κ2) is 8.88. The van der Waals surface area contributed by atoms with E-state index >= 15 is 0 Å². The van der Waals surface area contributed by atoms with Gasteiger partial charge in [-0.1, -0.05) is 12.1 Å². The minimum Gasteiger partial charge on any atom is -0.493 e. The normalized spacial score (nSPS) is 14.7. The highest BCUT2D eigenvalue weighted by Crippen LogP contribution is 2.25.